The van der Waals surface area contributed by atoms with Crippen LogP contribution in [0, 0.1) is 18.7 Å². The minimum Gasteiger partial charge on any atom is -0.385 e. The Morgan fingerprint density at radius 3 is 2.50 bits per heavy atom. The molecule has 0 aliphatic heterocycles. The highest BCUT2D eigenvalue weighted by molar-refractivity contribution is 5.30. The van der Waals surface area contributed by atoms with Gasteiger partial charge in [0.15, 0.2) is 0 Å². The third-order valence-corrected chi connectivity index (χ3v) is 2.95. The minimum atomic E-state index is -0.772. The molecular weight excluding hydrogens is 179 g/mol. The van der Waals surface area contributed by atoms with Crippen molar-refractivity contribution < 1.29 is 9.50 Å². The molecule has 0 unspecified atom stereocenters. The van der Waals surface area contributed by atoms with E-state index in [-0.39, 0.29) is 5.82 Å². The van der Waals surface area contributed by atoms with Crippen LogP contribution >= 0.6 is 0 Å². The molecule has 0 spiro atoms. The number of rotatable bonds is 1. The van der Waals surface area contributed by atoms with Crippen LogP contribution in [0.3, 0.4) is 0 Å². The molecule has 0 amide bonds. The zero-order valence-corrected chi connectivity index (χ0v) is 8.55. The molecule has 1 nitrogen and oxygen atoms in total. The van der Waals surface area contributed by atoms with E-state index in [0.717, 1.165) is 24.0 Å². The van der Waals surface area contributed by atoms with Crippen LogP contribution in [0.25, 0.3) is 0 Å². The van der Waals surface area contributed by atoms with Crippen LogP contribution in [0.4, 0.5) is 4.39 Å². The number of hydrogen-bond acceptors (Lipinski definition) is 1. The smallest absolute Gasteiger partial charge is 0.123 e. The van der Waals surface area contributed by atoms with Gasteiger partial charge in [-0.2, -0.15) is 0 Å². The fraction of sp³-hybridized carbons (Fsp3) is 0.500. The molecular formula is C12H15FO. The molecule has 1 saturated carbocycles. The quantitative estimate of drug-likeness (QED) is 0.728. The van der Waals surface area contributed by atoms with E-state index in [1.54, 1.807) is 0 Å². The molecule has 0 bridgehead atoms. The van der Waals surface area contributed by atoms with Crippen LogP contribution in [-0.2, 0) is 5.60 Å². The second-order valence-corrected chi connectivity index (χ2v) is 4.56. The van der Waals surface area contributed by atoms with Gasteiger partial charge in [-0.1, -0.05) is 13.0 Å². The molecule has 1 aliphatic rings. The third kappa shape index (κ3) is 1.55. The molecule has 14 heavy (non-hydrogen) atoms. The molecule has 2 heteroatoms. The number of hydrogen-bond donors (Lipinski definition) is 1. The summed E-state index contributed by atoms with van der Waals surface area (Å²) >= 11 is 0. The topological polar surface area (TPSA) is 20.2 Å². The van der Waals surface area contributed by atoms with Gasteiger partial charge >= 0.3 is 0 Å². The normalized spacial score (nSPS) is 31.3. The largest absolute Gasteiger partial charge is 0.385 e. The van der Waals surface area contributed by atoms with Crippen molar-refractivity contribution in [3.05, 3.63) is 35.1 Å². The summed E-state index contributed by atoms with van der Waals surface area (Å²) in [6.45, 7) is 3.94. The summed E-state index contributed by atoms with van der Waals surface area (Å²) in [7, 11) is 0. The van der Waals surface area contributed by atoms with Crippen LogP contribution in [0.5, 0.6) is 0 Å². The van der Waals surface area contributed by atoms with E-state index in [9.17, 15) is 9.50 Å². The van der Waals surface area contributed by atoms with Crippen molar-refractivity contribution in [1.82, 2.24) is 0 Å². The number of aliphatic hydroxyl groups is 1. The van der Waals surface area contributed by atoms with Crippen molar-refractivity contribution in [2.75, 3.05) is 0 Å². The first-order chi connectivity index (χ1) is 6.49. The van der Waals surface area contributed by atoms with E-state index in [1.807, 2.05) is 13.0 Å². The number of halogens is 1. The monoisotopic (exact) mass is 194 g/mol. The lowest BCUT2D eigenvalue weighted by atomic mass is 9.68. The van der Waals surface area contributed by atoms with E-state index in [0.29, 0.717) is 5.92 Å². The first kappa shape index (κ1) is 9.66. The van der Waals surface area contributed by atoms with Crippen LogP contribution in [0.15, 0.2) is 18.2 Å². The summed E-state index contributed by atoms with van der Waals surface area (Å²) in [4.78, 5) is 0. The van der Waals surface area contributed by atoms with Crippen LogP contribution < -0.4 is 0 Å². The average molecular weight is 194 g/mol. The van der Waals surface area contributed by atoms with E-state index in [4.69, 9.17) is 0 Å². The summed E-state index contributed by atoms with van der Waals surface area (Å²) < 4.78 is 13.1. The highest BCUT2D eigenvalue weighted by atomic mass is 19.1. The fourth-order valence-electron chi connectivity index (χ4n) is 2.33. The second-order valence-electron chi connectivity index (χ2n) is 4.56. The molecule has 76 valence electrons. The van der Waals surface area contributed by atoms with E-state index < -0.39 is 5.60 Å². The Morgan fingerprint density at radius 2 is 2.00 bits per heavy atom. The van der Waals surface area contributed by atoms with Gasteiger partial charge in [-0.3, -0.25) is 0 Å². The van der Waals surface area contributed by atoms with Crippen molar-refractivity contribution >= 4 is 0 Å². The van der Waals surface area contributed by atoms with E-state index >= 15 is 0 Å². The Balaban J connectivity index is 2.32. The van der Waals surface area contributed by atoms with Crippen molar-refractivity contribution in [1.29, 1.82) is 0 Å². The van der Waals surface area contributed by atoms with Crippen molar-refractivity contribution in [2.45, 2.75) is 32.3 Å². The zero-order chi connectivity index (χ0) is 10.3. The Hall–Kier alpha value is -0.890. The van der Waals surface area contributed by atoms with Gasteiger partial charge in [0.2, 0.25) is 0 Å². The predicted molar refractivity (Wildman–Crippen MR) is 53.4 cm³/mol. The van der Waals surface area contributed by atoms with Gasteiger partial charge in [-0.05, 0) is 48.9 Å². The van der Waals surface area contributed by atoms with Gasteiger partial charge in [0.05, 0.1) is 5.60 Å². The molecule has 1 aromatic rings. The minimum absolute atomic E-state index is 0.257. The Morgan fingerprint density at radius 1 is 1.36 bits per heavy atom. The van der Waals surface area contributed by atoms with E-state index in [2.05, 4.69) is 6.92 Å². The Kier molecular flexibility index (Phi) is 2.11. The van der Waals surface area contributed by atoms with Gasteiger partial charge in [-0.25, -0.2) is 4.39 Å². The summed E-state index contributed by atoms with van der Waals surface area (Å²) in [5, 5.41) is 10.1. The maximum Gasteiger partial charge on any atom is 0.123 e. The summed E-state index contributed by atoms with van der Waals surface area (Å²) in [5.41, 5.74) is 0.827. The van der Waals surface area contributed by atoms with Gasteiger partial charge < -0.3 is 5.11 Å². The maximum absolute atomic E-state index is 13.1. The van der Waals surface area contributed by atoms with Crippen LogP contribution in [-0.4, -0.2) is 5.11 Å². The molecule has 1 aromatic carbocycles. The first-order valence-corrected chi connectivity index (χ1v) is 5.00. The van der Waals surface area contributed by atoms with Crippen molar-refractivity contribution in [3.8, 4) is 0 Å². The zero-order valence-electron chi connectivity index (χ0n) is 8.55. The molecule has 0 atom stereocenters. The molecule has 1 fully saturated rings. The highest BCUT2D eigenvalue weighted by Gasteiger charge is 2.41. The molecule has 0 heterocycles. The van der Waals surface area contributed by atoms with Gasteiger partial charge in [0.1, 0.15) is 5.82 Å². The molecule has 1 N–H and O–H groups in total. The molecule has 0 saturated heterocycles. The Labute approximate surface area is 83.6 Å². The van der Waals surface area contributed by atoms with Crippen LogP contribution in [0.2, 0.25) is 0 Å². The standard InChI is InChI=1S/C12H15FO/c1-8-3-10(5-11(13)4-8)12(14)6-9(2)7-12/h3-5,9,14H,6-7H2,1-2H3. The third-order valence-electron chi connectivity index (χ3n) is 2.95. The summed E-state index contributed by atoms with van der Waals surface area (Å²) in [6, 6.07) is 4.79. The lowest BCUT2D eigenvalue weighted by molar-refractivity contribution is -0.0740. The fourth-order valence-corrected chi connectivity index (χ4v) is 2.33. The maximum atomic E-state index is 13.1. The van der Waals surface area contributed by atoms with E-state index in [1.165, 1.54) is 12.1 Å². The van der Waals surface area contributed by atoms with Crippen molar-refractivity contribution in [2.24, 2.45) is 5.92 Å². The summed E-state index contributed by atoms with van der Waals surface area (Å²) in [5.74, 6) is 0.288. The SMILES string of the molecule is Cc1cc(F)cc(C2(O)CC(C)C2)c1. The lowest BCUT2D eigenvalue weighted by Crippen LogP contribution is -2.39. The Bertz CT molecular complexity index is 333. The van der Waals surface area contributed by atoms with Gasteiger partial charge in [0, 0.05) is 0 Å². The first-order valence-electron chi connectivity index (χ1n) is 5.00. The van der Waals surface area contributed by atoms with Gasteiger partial charge in [0.25, 0.3) is 0 Å². The molecule has 2 rings (SSSR count). The molecule has 1 aliphatic carbocycles. The average Bonchev–Trinajstić information content (AvgIpc) is 1.99. The molecule has 0 radical (unpaired) electrons. The van der Waals surface area contributed by atoms with Gasteiger partial charge in [-0.15, -0.1) is 0 Å². The summed E-state index contributed by atoms with van der Waals surface area (Å²) in [6.07, 6.45) is 1.49. The molecule has 0 aromatic heterocycles. The predicted octanol–water partition coefficient (Wildman–Crippen LogP) is 2.75. The van der Waals surface area contributed by atoms with Crippen LogP contribution in [0.1, 0.15) is 30.9 Å². The lowest BCUT2D eigenvalue weighted by Gasteiger charge is -2.42. The number of aryl methyl sites for hydroxylation is 1. The number of benzene rings is 1. The van der Waals surface area contributed by atoms with Crippen molar-refractivity contribution in [3.63, 3.8) is 0 Å². The second kappa shape index (κ2) is 3.06. The highest BCUT2D eigenvalue weighted by Crippen LogP contribution is 2.45.